The van der Waals surface area contributed by atoms with Crippen LogP contribution < -0.4 is 17.0 Å². The van der Waals surface area contributed by atoms with Gasteiger partial charge in [0.15, 0.2) is 0 Å². The predicted octanol–water partition coefficient (Wildman–Crippen LogP) is -1.37. The Hall–Kier alpha value is 1.25. The van der Waals surface area contributed by atoms with E-state index >= 15 is 0 Å². The van der Waals surface area contributed by atoms with Gasteiger partial charge in [-0.25, -0.2) is 0 Å². The van der Waals surface area contributed by atoms with E-state index in [0.29, 0.717) is 0 Å². The minimum Gasteiger partial charge on any atom is -1.00 e. The van der Waals surface area contributed by atoms with Crippen molar-refractivity contribution in [3.63, 3.8) is 0 Å². The van der Waals surface area contributed by atoms with Gasteiger partial charge in [-0.3, -0.25) is 0 Å². The molecule has 0 aromatic rings. The van der Waals surface area contributed by atoms with E-state index in [4.69, 9.17) is 0 Å². The van der Waals surface area contributed by atoms with E-state index in [1.165, 1.54) is 19.3 Å². The van der Waals surface area contributed by atoms with Gasteiger partial charge in [-0.15, -0.1) is 0 Å². The van der Waals surface area contributed by atoms with Crippen molar-refractivity contribution in [1.29, 1.82) is 0 Å². The van der Waals surface area contributed by atoms with Gasteiger partial charge in [0, 0.05) is 0 Å². The molecule has 1 atom stereocenters. The molecule has 1 aliphatic rings. The molecule has 44 valence electrons. The number of hydrogen-bond acceptors (Lipinski definition) is 0. The minimum atomic E-state index is 0. The van der Waals surface area contributed by atoms with Gasteiger partial charge in [0.2, 0.25) is 0 Å². The molecule has 1 saturated carbocycles. The Morgan fingerprint density at radius 2 is 2.12 bits per heavy atom. The first-order valence-electron chi connectivity index (χ1n) is 2.73. The Kier molecular flexibility index (Phi) is 9.53. The second-order valence-electron chi connectivity index (χ2n) is 2.14. The molecule has 0 saturated heterocycles. The predicted molar refractivity (Wildman–Crippen MR) is 33.1 cm³/mol. The van der Waals surface area contributed by atoms with Gasteiger partial charge in [0.25, 0.3) is 0 Å². The van der Waals surface area contributed by atoms with Crippen molar-refractivity contribution < 1.29 is 17.0 Å². The van der Waals surface area contributed by atoms with Crippen LogP contribution in [-0.2, 0) is 0 Å². The standard InChI is InChI=1S/C6H11.BrH.Mg/c1-6-4-2-3-5-6;;/h4,6H,2-3,5H2,1H3;1H;/q-1;;+2/p-1. The van der Waals surface area contributed by atoms with Crippen LogP contribution in [0, 0.1) is 12.3 Å². The second-order valence-corrected chi connectivity index (χ2v) is 2.14. The Bertz CT molecular complexity index is 41.8. The fourth-order valence-electron chi connectivity index (χ4n) is 0.960. The van der Waals surface area contributed by atoms with E-state index in [0.717, 1.165) is 5.92 Å². The van der Waals surface area contributed by atoms with Gasteiger partial charge in [-0.1, -0.05) is 19.8 Å². The molecule has 1 rings (SSSR count). The molecular weight excluding hydrogens is 176 g/mol. The van der Waals surface area contributed by atoms with Crippen LogP contribution >= 0.6 is 0 Å². The van der Waals surface area contributed by atoms with Crippen LogP contribution in [0.2, 0.25) is 0 Å². The third kappa shape index (κ3) is 4.16. The molecule has 1 aliphatic carbocycles. The summed E-state index contributed by atoms with van der Waals surface area (Å²) in [5.41, 5.74) is 0. The maximum atomic E-state index is 2.40. The van der Waals surface area contributed by atoms with Gasteiger partial charge in [-0.05, 0) is 0 Å². The fourth-order valence-corrected chi connectivity index (χ4v) is 0.960. The Labute approximate surface area is 78.3 Å². The molecule has 1 fully saturated rings. The first kappa shape index (κ1) is 12.0. The Morgan fingerprint density at radius 1 is 1.50 bits per heavy atom. The van der Waals surface area contributed by atoms with Crippen LogP contribution in [0.3, 0.4) is 0 Å². The van der Waals surface area contributed by atoms with Crippen molar-refractivity contribution in [2.24, 2.45) is 5.92 Å². The van der Waals surface area contributed by atoms with E-state index in [1.54, 1.807) is 0 Å². The van der Waals surface area contributed by atoms with Crippen LogP contribution in [0.5, 0.6) is 0 Å². The molecule has 0 aliphatic heterocycles. The number of rotatable bonds is 0. The van der Waals surface area contributed by atoms with E-state index in [2.05, 4.69) is 13.3 Å². The summed E-state index contributed by atoms with van der Waals surface area (Å²) in [5.74, 6) is 0.921. The minimum absolute atomic E-state index is 0. The molecule has 0 radical (unpaired) electrons. The number of hydrogen-bond donors (Lipinski definition) is 0. The molecule has 2 heteroatoms. The summed E-state index contributed by atoms with van der Waals surface area (Å²) < 4.78 is 0. The smallest absolute Gasteiger partial charge is 1.00 e. The van der Waals surface area contributed by atoms with Crippen molar-refractivity contribution in [2.45, 2.75) is 26.2 Å². The van der Waals surface area contributed by atoms with Crippen molar-refractivity contribution >= 4 is 23.1 Å². The van der Waals surface area contributed by atoms with Gasteiger partial charge < -0.3 is 23.4 Å². The van der Waals surface area contributed by atoms with Crippen molar-refractivity contribution in [1.82, 2.24) is 0 Å². The number of halogens is 1. The van der Waals surface area contributed by atoms with E-state index in [9.17, 15) is 0 Å². The van der Waals surface area contributed by atoms with Crippen LogP contribution in [0.1, 0.15) is 26.2 Å². The summed E-state index contributed by atoms with van der Waals surface area (Å²) >= 11 is 0. The third-order valence-corrected chi connectivity index (χ3v) is 1.43. The fraction of sp³-hybridized carbons (Fsp3) is 0.833. The first-order chi connectivity index (χ1) is 2.89. The monoisotopic (exact) mass is 186 g/mol. The summed E-state index contributed by atoms with van der Waals surface area (Å²) in [7, 11) is 0. The zero-order valence-electron chi connectivity index (χ0n) is 5.36. The molecule has 0 N–H and O–H groups in total. The zero-order chi connectivity index (χ0) is 4.41. The maximum absolute atomic E-state index is 2.40. The molecule has 0 bridgehead atoms. The molecular formula is C6H11BrMg. The van der Waals surface area contributed by atoms with Crippen molar-refractivity contribution in [3.05, 3.63) is 6.42 Å². The second kappa shape index (κ2) is 6.37. The summed E-state index contributed by atoms with van der Waals surface area (Å²) in [6, 6.07) is 0. The zero-order valence-corrected chi connectivity index (χ0v) is 8.36. The molecule has 0 aromatic carbocycles. The maximum Gasteiger partial charge on any atom is 2.00 e. The van der Waals surface area contributed by atoms with Crippen molar-refractivity contribution in [2.75, 3.05) is 0 Å². The van der Waals surface area contributed by atoms with Crippen LogP contribution in [0.15, 0.2) is 0 Å². The summed E-state index contributed by atoms with van der Waals surface area (Å²) in [4.78, 5) is 0. The van der Waals surface area contributed by atoms with Crippen LogP contribution in [0.25, 0.3) is 0 Å². The van der Waals surface area contributed by atoms with E-state index in [1.807, 2.05) is 0 Å². The molecule has 0 amide bonds. The molecule has 1 unspecified atom stereocenters. The van der Waals surface area contributed by atoms with Crippen LogP contribution in [-0.4, -0.2) is 23.1 Å². The SMILES string of the molecule is CC1[CH-]CCC1.[Br-].[Mg+2]. The van der Waals surface area contributed by atoms with E-state index in [-0.39, 0.29) is 40.0 Å². The Balaban J connectivity index is 0. The van der Waals surface area contributed by atoms with Gasteiger partial charge in [0.1, 0.15) is 0 Å². The topological polar surface area (TPSA) is 0 Å². The molecule has 0 heterocycles. The molecule has 0 spiro atoms. The molecule has 0 nitrogen and oxygen atoms in total. The van der Waals surface area contributed by atoms with Crippen molar-refractivity contribution in [3.8, 4) is 0 Å². The van der Waals surface area contributed by atoms with Gasteiger partial charge in [0.05, 0.1) is 0 Å². The van der Waals surface area contributed by atoms with E-state index < -0.39 is 0 Å². The first-order valence-corrected chi connectivity index (χ1v) is 2.73. The third-order valence-electron chi connectivity index (χ3n) is 1.43. The summed E-state index contributed by atoms with van der Waals surface area (Å²) in [6.45, 7) is 2.28. The average Bonchev–Trinajstić information content (AvgIpc) is 1.86. The normalized spacial score (nSPS) is 25.9. The molecule has 0 aromatic heterocycles. The largest absolute Gasteiger partial charge is 2.00 e. The average molecular weight is 187 g/mol. The molecule has 8 heavy (non-hydrogen) atoms. The summed E-state index contributed by atoms with van der Waals surface area (Å²) in [5, 5.41) is 0. The van der Waals surface area contributed by atoms with Gasteiger partial charge >= 0.3 is 23.1 Å². The summed E-state index contributed by atoms with van der Waals surface area (Å²) in [6.07, 6.45) is 6.63. The van der Waals surface area contributed by atoms with Gasteiger partial charge in [-0.2, -0.15) is 12.3 Å². The Morgan fingerprint density at radius 3 is 2.25 bits per heavy atom. The van der Waals surface area contributed by atoms with Crippen LogP contribution in [0.4, 0.5) is 0 Å². The quantitative estimate of drug-likeness (QED) is 0.324.